The summed E-state index contributed by atoms with van der Waals surface area (Å²) >= 11 is 0. The van der Waals surface area contributed by atoms with Gasteiger partial charge in [-0.15, -0.1) is 0 Å². The highest BCUT2D eigenvalue weighted by Crippen LogP contribution is 2.18. The summed E-state index contributed by atoms with van der Waals surface area (Å²) in [6, 6.07) is 8.36. The second-order valence-corrected chi connectivity index (χ2v) is 7.32. The highest BCUT2D eigenvalue weighted by Gasteiger charge is 2.18. The zero-order valence-electron chi connectivity index (χ0n) is 15.5. The predicted octanol–water partition coefficient (Wildman–Crippen LogP) is 3.91. The summed E-state index contributed by atoms with van der Waals surface area (Å²) in [6.07, 6.45) is 2.84. The summed E-state index contributed by atoms with van der Waals surface area (Å²) in [4.78, 5) is 6.75. The number of hydrogen-bond donors (Lipinski definition) is 0. The summed E-state index contributed by atoms with van der Waals surface area (Å²) in [5.74, 6) is 0.412. The number of fused-ring (bicyclic) bond motifs is 1. The van der Waals surface area contributed by atoms with Crippen molar-refractivity contribution in [2.24, 2.45) is 10.9 Å². The van der Waals surface area contributed by atoms with Gasteiger partial charge < -0.3 is 9.64 Å². The molecule has 0 saturated heterocycles. The lowest BCUT2D eigenvalue weighted by Crippen LogP contribution is -2.32. The van der Waals surface area contributed by atoms with Crippen molar-refractivity contribution in [3.8, 4) is 0 Å². The van der Waals surface area contributed by atoms with Crippen LogP contribution in [0.4, 0.5) is 0 Å². The fourth-order valence-corrected chi connectivity index (χ4v) is 2.39. The van der Waals surface area contributed by atoms with Crippen molar-refractivity contribution < 1.29 is 6.11 Å². The highest BCUT2D eigenvalue weighted by molar-refractivity contribution is 5.56. The van der Waals surface area contributed by atoms with Crippen molar-refractivity contribution in [3.05, 3.63) is 35.4 Å². The molecule has 3 heteroatoms. The molecule has 0 radical (unpaired) electrons. The van der Waals surface area contributed by atoms with Gasteiger partial charge in [0.25, 0.3) is 0 Å². The molecule has 0 N–H and O–H groups in total. The first kappa shape index (κ1) is 15.5. The van der Waals surface area contributed by atoms with Crippen molar-refractivity contribution in [1.82, 2.24) is 4.90 Å². The SMILES string of the molecule is [2H][C@@H]1c2ccccc2CCN1C=N[C@H](COC(C)(C)C)C(C)C. The van der Waals surface area contributed by atoms with Crippen LogP contribution in [0.2, 0.25) is 0 Å². The van der Waals surface area contributed by atoms with Gasteiger partial charge >= 0.3 is 0 Å². The van der Waals surface area contributed by atoms with Gasteiger partial charge in [0.1, 0.15) is 0 Å². The fraction of sp³-hybridized carbons (Fsp3) is 0.632. The van der Waals surface area contributed by atoms with Crippen LogP contribution in [0, 0.1) is 5.92 Å². The zero-order chi connectivity index (χ0) is 17.0. The van der Waals surface area contributed by atoms with E-state index in [1.807, 2.05) is 23.4 Å². The molecular weight excluding hydrogens is 272 g/mol. The summed E-state index contributed by atoms with van der Waals surface area (Å²) in [5, 5.41) is 0. The summed E-state index contributed by atoms with van der Waals surface area (Å²) < 4.78 is 14.4. The number of hydrogen-bond acceptors (Lipinski definition) is 2. The molecule has 1 aromatic rings. The van der Waals surface area contributed by atoms with Gasteiger partial charge in [-0.3, -0.25) is 4.99 Å². The van der Waals surface area contributed by atoms with E-state index in [1.165, 1.54) is 5.56 Å². The average Bonchev–Trinajstić information content (AvgIpc) is 2.48. The number of benzene rings is 1. The molecule has 0 spiro atoms. The molecule has 0 fully saturated rings. The maximum Gasteiger partial charge on any atom is 0.0857 e. The van der Waals surface area contributed by atoms with E-state index in [-0.39, 0.29) is 18.2 Å². The fourth-order valence-electron chi connectivity index (χ4n) is 2.39. The van der Waals surface area contributed by atoms with Crippen molar-refractivity contribution in [2.45, 2.75) is 59.2 Å². The molecule has 2 atom stereocenters. The van der Waals surface area contributed by atoms with Crippen molar-refractivity contribution in [2.75, 3.05) is 13.2 Å². The molecule has 0 aromatic heterocycles. The van der Waals surface area contributed by atoms with Crippen molar-refractivity contribution in [3.63, 3.8) is 0 Å². The van der Waals surface area contributed by atoms with Gasteiger partial charge in [0.05, 0.1) is 26.0 Å². The molecule has 1 aliphatic heterocycles. The normalized spacial score (nSPS) is 21.1. The van der Waals surface area contributed by atoms with Crippen LogP contribution < -0.4 is 0 Å². The van der Waals surface area contributed by atoms with Crippen molar-refractivity contribution >= 4 is 6.34 Å². The van der Waals surface area contributed by atoms with E-state index in [2.05, 4.69) is 46.8 Å². The van der Waals surface area contributed by atoms with Crippen LogP contribution >= 0.6 is 0 Å². The molecule has 122 valence electrons. The predicted molar refractivity (Wildman–Crippen MR) is 93.4 cm³/mol. The first-order valence-electron chi connectivity index (χ1n) is 8.79. The van der Waals surface area contributed by atoms with Gasteiger partial charge in [-0.25, -0.2) is 0 Å². The average molecular weight is 303 g/mol. The third kappa shape index (κ3) is 5.13. The molecule has 2 rings (SSSR count). The molecule has 0 bridgehead atoms. The van der Waals surface area contributed by atoms with E-state index in [0.717, 1.165) is 18.5 Å². The lowest BCUT2D eigenvalue weighted by Gasteiger charge is -2.28. The van der Waals surface area contributed by atoms with Crippen LogP contribution in [0.1, 0.15) is 47.1 Å². The van der Waals surface area contributed by atoms with E-state index >= 15 is 0 Å². The summed E-state index contributed by atoms with van der Waals surface area (Å²) in [6.45, 7) is 11.6. The minimum absolute atomic E-state index is 0.124. The quantitative estimate of drug-likeness (QED) is 0.608. The Bertz CT molecular complexity index is 536. The molecule has 1 aliphatic rings. The van der Waals surface area contributed by atoms with Crippen LogP contribution in [-0.2, 0) is 17.7 Å². The maximum absolute atomic E-state index is 8.47. The third-order valence-electron chi connectivity index (χ3n) is 3.86. The highest BCUT2D eigenvalue weighted by atomic mass is 16.5. The van der Waals surface area contributed by atoms with Gasteiger partial charge in [-0.1, -0.05) is 38.1 Å². The monoisotopic (exact) mass is 303 g/mol. The molecule has 0 aliphatic carbocycles. The van der Waals surface area contributed by atoms with Crippen LogP contribution in [0.3, 0.4) is 0 Å². The molecule has 0 amide bonds. The van der Waals surface area contributed by atoms with E-state index in [9.17, 15) is 0 Å². The maximum atomic E-state index is 8.47. The van der Waals surface area contributed by atoms with E-state index in [4.69, 9.17) is 11.1 Å². The Morgan fingerprint density at radius 2 is 2.00 bits per heavy atom. The Morgan fingerprint density at radius 3 is 2.64 bits per heavy atom. The Labute approximate surface area is 136 Å². The molecule has 22 heavy (non-hydrogen) atoms. The van der Waals surface area contributed by atoms with E-state index in [1.54, 1.807) is 0 Å². The molecule has 1 heterocycles. The van der Waals surface area contributed by atoms with E-state index in [0.29, 0.717) is 12.5 Å². The van der Waals surface area contributed by atoms with Crippen molar-refractivity contribution in [1.29, 1.82) is 0 Å². The topological polar surface area (TPSA) is 24.8 Å². The Hall–Kier alpha value is -1.35. The Balaban J connectivity index is 2.03. The second kappa shape index (κ2) is 7.28. The van der Waals surface area contributed by atoms with Crippen LogP contribution in [-0.4, -0.2) is 36.0 Å². The van der Waals surface area contributed by atoms with Crippen LogP contribution in [0.25, 0.3) is 0 Å². The minimum Gasteiger partial charge on any atom is -0.374 e. The van der Waals surface area contributed by atoms with Gasteiger partial charge in [0.2, 0.25) is 0 Å². The standard InChI is InChI=1S/C19H30N2O/c1-15(2)18(13-22-19(3,4)5)20-14-21-11-10-16-8-6-7-9-17(16)12-21/h6-9,14-15,18H,10-13H2,1-5H3/t18-/m1/s1/i12D/t12-,18-. The summed E-state index contributed by atoms with van der Waals surface area (Å²) in [5.41, 5.74) is 2.23. The molecule has 0 saturated carbocycles. The Kier molecular flexibility index (Phi) is 5.14. The largest absolute Gasteiger partial charge is 0.374 e. The van der Waals surface area contributed by atoms with E-state index < -0.39 is 0 Å². The lowest BCUT2D eigenvalue weighted by atomic mass is 10.0. The molecule has 0 unspecified atom stereocenters. The van der Waals surface area contributed by atoms with Crippen LogP contribution in [0.5, 0.6) is 0 Å². The number of nitrogens with zero attached hydrogens (tertiary/aromatic N) is 2. The molecule has 3 nitrogen and oxygen atoms in total. The van der Waals surface area contributed by atoms with Gasteiger partial charge in [0.15, 0.2) is 0 Å². The Morgan fingerprint density at radius 1 is 1.32 bits per heavy atom. The van der Waals surface area contributed by atoms with Gasteiger partial charge in [-0.05, 0) is 44.2 Å². The third-order valence-corrected chi connectivity index (χ3v) is 3.86. The smallest absolute Gasteiger partial charge is 0.0857 e. The first-order valence-corrected chi connectivity index (χ1v) is 8.21. The zero-order valence-corrected chi connectivity index (χ0v) is 14.5. The van der Waals surface area contributed by atoms with Gasteiger partial charge in [-0.2, -0.15) is 0 Å². The van der Waals surface area contributed by atoms with Crippen LogP contribution in [0.15, 0.2) is 29.3 Å². The number of ether oxygens (including phenoxy) is 1. The summed E-state index contributed by atoms with van der Waals surface area (Å²) in [7, 11) is 0. The molecule has 1 aromatic carbocycles. The number of rotatable bonds is 5. The molecular formula is C19H30N2O. The lowest BCUT2D eigenvalue weighted by molar-refractivity contribution is -0.0145. The minimum atomic E-state index is -0.361. The number of aliphatic imine (C=N–C) groups is 1. The second-order valence-electron chi connectivity index (χ2n) is 7.32. The first-order chi connectivity index (χ1) is 10.8. The van der Waals surface area contributed by atoms with Gasteiger partial charge in [0, 0.05) is 13.1 Å².